The average Bonchev–Trinajstić information content (AvgIpc) is 2.45. The molecule has 1 heterocycles. The summed E-state index contributed by atoms with van der Waals surface area (Å²) in [6.45, 7) is 3.22. The van der Waals surface area contributed by atoms with Crippen molar-refractivity contribution in [2.45, 2.75) is 26.3 Å². The molecule has 0 N–H and O–H groups in total. The van der Waals surface area contributed by atoms with Gasteiger partial charge in [-0.1, -0.05) is 13.3 Å². The number of halogens is 4. The van der Waals surface area contributed by atoms with Gasteiger partial charge in [0, 0.05) is 5.10 Å². The lowest BCUT2D eigenvalue weighted by Crippen LogP contribution is -2.23. The highest BCUT2D eigenvalue weighted by Gasteiger charge is 2.20. The number of hydrogen-bond acceptors (Lipinski definition) is 1. The molecule has 1 aromatic heterocycles. The molecule has 0 unspecified atom stereocenters. The lowest BCUT2D eigenvalue weighted by Gasteiger charge is -1.94. The minimum atomic E-state index is -6.00. The molecule has 0 saturated heterocycles. The lowest BCUT2D eigenvalue weighted by atomic mass is 10.3. The molecule has 3 nitrogen and oxygen atoms in total. The highest BCUT2D eigenvalue weighted by Crippen LogP contribution is 2.06. The Balaban J connectivity index is 0.000000336. The smallest absolute Gasteiger partial charge is 0.418 e. The summed E-state index contributed by atoms with van der Waals surface area (Å²) in [5.41, 5.74) is 0. The second-order valence-electron chi connectivity index (χ2n) is 3.02. The maximum atomic E-state index is 9.75. The van der Waals surface area contributed by atoms with Gasteiger partial charge in [0.2, 0.25) is 6.33 Å². The van der Waals surface area contributed by atoms with Crippen LogP contribution in [-0.2, 0) is 13.6 Å². The highest BCUT2D eigenvalue weighted by atomic mass is 19.5. The molecule has 1 aromatic rings. The van der Waals surface area contributed by atoms with Crippen molar-refractivity contribution in [3.63, 3.8) is 0 Å². The second kappa shape index (κ2) is 6.42. The molecule has 0 saturated carbocycles. The van der Waals surface area contributed by atoms with Crippen molar-refractivity contribution in [2.75, 3.05) is 0 Å². The number of aryl methyl sites for hydroxylation is 2. The SMILES string of the molecule is CCCCn1c[n+](C)cn1.F[B-](F)(F)F. The standard InChI is InChI=1S/C7H14N3.BF4/c1-3-4-5-10-7-9(2)6-8-10;2-1(3,4)5/h6-7H,3-5H2,1-2H3;/q+1;-1. The summed E-state index contributed by atoms with van der Waals surface area (Å²) in [6, 6.07) is 0. The average molecular weight is 227 g/mol. The topological polar surface area (TPSA) is 21.7 Å². The van der Waals surface area contributed by atoms with Crippen LogP contribution < -0.4 is 4.57 Å². The Hall–Kier alpha value is -1.08. The minimum absolute atomic E-state index is 1.04. The number of unbranched alkanes of at least 4 members (excludes halogenated alkanes) is 1. The predicted molar refractivity (Wildman–Crippen MR) is 48.5 cm³/mol. The molecule has 0 bridgehead atoms. The maximum Gasteiger partial charge on any atom is 0.673 e. The summed E-state index contributed by atoms with van der Waals surface area (Å²) in [6.07, 6.45) is 6.25. The van der Waals surface area contributed by atoms with E-state index in [1.54, 1.807) is 0 Å². The third-order valence-electron chi connectivity index (χ3n) is 1.44. The second-order valence-corrected chi connectivity index (χ2v) is 3.02. The van der Waals surface area contributed by atoms with E-state index in [1.165, 1.54) is 12.8 Å². The predicted octanol–water partition coefficient (Wildman–Crippen LogP) is 1.81. The molecule has 0 aliphatic heterocycles. The number of hydrogen-bond donors (Lipinski definition) is 0. The Kier molecular flexibility index (Phi) is 5.96. The third kappa shape index (κ3) is 10.8. The van der Waals surface area contributed by atoms with Crippen LogP contribution in [0.4, 0.5) is 17.3 Å². The fourth-order valence-corrected chi connectivity index (χ4v) is 0.853. The molecule has 0 spiro atoms. The van der Waals surface area contributed by atoms with Gasteiger partial charge in [-0.3, -0.25) is 0 Å². The fraction of sp³-hybridized carbons (Fsp3) is 0.714. The van der Waals surface area contributed by atoms with Gasteiger partial charge in [-0.25, -0.2) is 4.57 Å². The van der Waals surface area contributed by atoms with E-state index in [0.717, 1.165) is 6.54 Å². The Labute approximate surface area is 85.8 Å². The van der Waals surface area contributed by atoms with Crippen molar-refractivity contribution in [1.82, 2.24) is 9.78 Å². The summed E-state index contributed by atoms with van der Waals surface area (Å²) in [7, 11) is -4.02. The summed E-state index contributed by atoms with van der Waals surface area (Å²) < 4.78 is 42.9. The van der Waals surface area contributed by atoms with Crippen molar-refractivity contribution in [1.29, 1.82) is 0 Å². The quantitative estimate of drug-likeness (QED) is 0.438. The Bertz CT molecular complexity index is 267. The van der Waals surface area contributed by atoms with E-state index in [1.807, 2.05) is 29.0 Å². The van der Waals surface area contributed by atoms with E-state index in [-0.39, 0.29) is 0 Å². The van der Waals surface area contributed by atoms with Gasteiger partial charge >= 0.3 is 7.25 Å². The maximum absolute atomic E-state index is 9.75. The molecule has 0 fully saturated rings. The van der Waals surface area contributed by atoms with Gasteiger partial charge in [-0.15, -0.1) is 4.68 Å². The Morgan fingerprint density at radius 3 is 2.20 bits per heavy atom. The molecule has 0 aliphatic carbocycles. The number of aromatic nitrogens is 3. The van der Waals surface area contributed by atoms with E-state index >= 15 is 0 Å². The van der Waals surface area contributed by atoms with Crippen LogP contribution in [0.5, 0.6) is 0 Å². The van der Waals surface area contributed by atoms with Gasteiger partial charge < -0.3 is 17.3 Å². The first kappa shape index (κ1) is 13.9. The first-order valence-electron chi connectivity index (χ1n) is 4.58. The van der Waals surface area contributed by atoms with Crippen LogP contribution in [0.3, 0.4) is 0 Å². The van der Waals surface area contributed by atoms with Gasteiger partial charge in [0.1, 0.15) is 6.54 Å². The molecule has 0 aromatic carbocycles. The zero-order chi connectivity index (χ0) is 11.9. The largest absolute Gasteiger partial charge is 0.673 e. The van der Waals surface area contributed by atoms with Crippen molar-refractivity contribution >= 4 is 7.25 Å². The van der Waals surface area contributed by atoms with Gasteiger partial charge in [0.15, 0.2) is 0 Å². The highest BCUT2D eigenvalue weighted by molar-refractivity contribution is 6.50. The molecule has 88 valence electrons. The zero-order valence-corrected chi connectivity index (χ0v) is 8.71. The van der Waals surface area contributed by atoms with E-state index < -0.39 is 7.25 Å². The van der Waals surface area contributed by atoms with Crippen LogP contribution in [0.2, 0.25) is 0 Å². The van der Waals surface area contributed by atoms with E-state index in [2.05, 4.69) is 12.0 Å². The fourth-order valence-electron chi connectivity index (χ4n) is 0.853. The molecule has 0 amide bonds. The van der Waals surface area contributed by atoms with Crippen molar-refractivity contribution in [3.8, 4) is 0 Å². The van der Waals surface area contributed by atoms with Crippen LogP contribution >= 0.6 is 0 Å². The molecule has 8 heteroatoms. The van der Waals surface area contributed by atoms with Crippen molar-refractivity contribution < 1.29 is 21.8 Å². The summed E-state index contributed by atoms with van der Waals surface area (Å²) in [5.74, 6) is 0. The molecule has 1 rings (SSSR count). The van der Waals surface area contributed by atoms with Crippen molar-refractivity contribution in [2.24, 2.45) is 7.05 Å². The molecule has 0 atom stereocenters. The van der Waals surface area contributed by atoms with Crippen LogP contribution in [0, 0.1) is 0 Å². The van der Waals surface area contributed by atoms with Gasteiger partial charge in [-0.05, 0) is 6.42 Å². The lowest BCUT2D eigenvalue weighted by molar-refractivity contribution is -0.672. The van der Waals surface area contributed by atoms with Crippen molar-refractivity contribution in [3.05, 3.63) is 12.7 Å². The monoisotopic (exact) mass is 227 g/mol. The van der Waals surface area contributed by atoms with Crippen LogP contribution in [0.15, 0.2) is 12.7 Å². The van der Waals surface area contributed by atoms with E-state index in [4.69, 9.17) is 0 Å². The Morgan fingerprint density at radius 1 is 1.33 bits per heavy atom. The normalized spacial score (nSPS) is 10.8. The summed E-state index contributed by atoms with van der Waals surface area (Å²) >= 11 is 0. The molecule has 0 radical (unpaired) electrons. The van der Waals surface area contributed by atoms with Crippen LogP contribution in [0.25, 0.3) is 0 Å². The van der Waals surface area contributed by atoms with Gasteiger partial charge in [0.05, 0.1) is 7.05 Å². The number of nitrogens with zero attached hydrogens (tertiary/aromatic N) is 3. The number of rotatable bonds is 3. The molecular formula is C7H14BF4N3. The van der Waals surface area contributed by atoms with Gasteiger partial charge in [0.25, 0.3) is 6.33 Å². The van der Waals surface area contributed by atoms with E-state index in [0.29, 0.717) is 0 Å². The first-order valence-corrected chi connectivity index (χ1v) is 4.58. The van der Waals surface area contributed by atoms with Crippen LogP contribution in [-0.4, -0.2) is 17.0 Å². The summed E-state index contributed by atoms with van der Waals surface area (Å²) in [5, 5.41) is 4.13. The van der Waals surface area contributed by atoms with Gasteiger partial charge in [-0.2, -0.15) is 0 Å². The summed E-state index contributed by atoms with van der Waals surface area (Å²) in [4.78, 5) is 0. The first-order chi connectivity index (χ1) is 6.83. The zero-order valence-electron chi connectivity index (χ0n) is 8.71. The minimum Gasteiger partial charge on any atom is -0.418 e. The molecular weight excluding hydrogens is 213 g/mol. The molecule has 0 aliphatic rings. The Morgan fingerprint density at radius 2 is 1.87 bits per heavy atom. The third-order valence-corrected chi connectivity index (χ3v) is 1.44. The van der Waals surface area contributed by atoms with E-state index in [9.17, 15) is 17.3 Å². The van der Waals surface area contributed by atoms with Crippen LogP contribution in [0.1, 0.15) is 19.8 Å². The molecule has 15 heavy (non-hydrogen) atoms.